The Bertz CT molecular complexity index is 240. The van der Waals surface area contributed by atoms with Gasteiger partial charge >= 0.3 is 12.1 Å². The fourth-order valence-electron chi connectivity index (χ4n) is 0.270. The molecule has 7 heteroatoms. The summed E-state index contributed by atoms with van der Waals surface area (Å²) in [5.74, 6) is -0.941. The minimum Gasteiger partial charge on any atom is -0.242 e. The van der Waals surface area contributed by atoms with E-state index in [1.54, 1.807) is 20.8 Å². The molecule has 0 aliphatic carbocycles. The molecule has 0 aromatic heterocycles. The third-order valence-corrected chi connectivity index (χ3v) is 0.745. The van der Waals surface area contributed by atoms with Crippen molar-refractivity contribution in [2.45, 2.75) is 26.4 Å². The van der Waals surface area contributed by atoms with Crippen molar-refractivity contribution in [3.8, 4) is 0 Å². The summed E-state index contributed by atoms with van der Waals surface area (Å²) < 4.78 is 0. The van der Waals surface area contributed by atoms with E-state index in [2.05, 4.69) is 31.2 Å². The van der Waals surface area contributed by atoms with Crippen molar-refractivity contribution in [2.75, 3.05) is 0 Å². The minimum absolute atomic E-state index is 0.655. The summed E-state index contributed by atoms with van der Waals surface area (Å²) in [5.41, 5.74) is -0.655. The summed E-state index contributed by atoms with van der Waals surface area (Å²) >= 11 is 0. The van der Waals surface area contributed by atoms with E-state index >= 15 is 0 Å². The van der Waals surface area contributed by atoms with Gasteiger partial charge in [0.1, 0.15) is 0 Å². The SMILES string of the molecule is C=CC(=O)OOC(=O)OOOC(C)(C)C. The first-order valence-corrected chi connectivity index (χ1v) is 3.92. The number of rotatable bonds is 3. The first kappa shape index (κ1) is 13.4. The smallest absolute Gasteiger partial charge is 0.242 e. The molecule has 0 aliphatic rings. The Morgan fingerprint density at radius 2 is 1.73 bits per heavy atom. The van der Waals surface area contributed by atoms with Gasteiger partial charge < -0.3 is 0 Å². The molecule has 0 aromatic rings. The van der Waals surface area contributed by atoms with Gasteiger partial charge in [-0.05, 0) is 25.8 Å². The monoisotopic (exact) mass is 220 g/mol. The fraction of sp³-hybridized carbons (Fsp3) is 0.500. The van der Waals surface area contributed by atoms with Gasteiger partial charge in [0.05, 0.1) is 5.60 Å². The fourth-order valence-corrected chi connectivity index (χ4v) is 0.270. The highest BCUT2D eigenvalue weighted by molar-refractivity contribution is 5.81. The van der Waals surface area contributed by atoms with Crippen molar-refractivity contribution >= 4 is 12.1 Å². The maximum Gasteiger partial charge on any atom is 0.584 e. The van der Waals surface area contributed by atoms with Crippen LogP contribution in [-0.2, 0) is 29.4 Å². The molecule has 0 saturated carbocycles. The summed E-state index contributed by atoms with van der Waals surface area (Å²) in [6.07, 6.45) is -0.575. The molecule has 0 radical (unpaired) electrons. The normalized spacial score (nSPS) is 10.3. The third kappa shape index (κ3) is 8.72. The Balaban J connectivity index is 3.58. The van der Waals surface area contributed by atoms with Gasteiger partial charge in [-0.3, -0.25) is 0 Å². The first-order chi connectivity index (χ1) is 6.85. The van der Waals surface area contributed by atoms with Crippen molar-refractivity contribution in [1.82, 2.24) is 0 Å². The summed E-state index contributed by atoms with van der Waals surface area (Å²) in [5, 5.41) is 4.03. The topological polar surface area (TPSA) is 80.3 Å². The van der Waals surface area contributed by atoms with Crippen LogP contribution in [0.4, 0.5) is 4.79 Å². The minimum atomic E-state index is -1.38. The highest BCUT2D eigenvalue weighted by Crippen LogP contribution is 2.07. The van der Waals surface area contributed by atoms with Crippen LogP contribution in [0.3, 0.4) is 0 Å². The zero-order valence-electron chi connectivity index (χ0n) is 8.64. The molecule has 0 N–H and O–H groups in total. The average Bonchev–Trinajstić information content (AvgIpc) is 2.12. The molecule has 0 aliphatic heterocycles. The maximum absolute atomic E-state index is 10.6. The van der Waals surface area contributed by atoms with Crippen LogP contribution in [0, 0.1) is 0 Å². The number of carbonyl (C=O) groups is 2. The molecule has 0 amide bonds. The molecule has 0 fully saturated rings. The first-order valence-electron chi connectivity index (χ1n) is 3.92. The van der Waals surface area contributed by atoms with E-state index in [4.69, 9.17) is 0 Å². The Kier molecular flexibility index (Phi) is 5.35. The Morgan fingerprint density at radius 1 is 1.13 bits per heavy atom. The molecule has 15 heavy (non-hydrogen) atoms. The molecule has 0 bridgehead atoms. The van der Waals surface area contributed by atoms with Gasteiger partial charge in [-0.1, -0.05) is 6.58 Å². The second kappa shape index (κ2) is 5.99. The van der Waals surface area contributed by atoms with E-state index in [0.29, 0.717) is 0 Å². The van der Waals surface area contributed by atoms with Gasteiger partial charge in [0.15, 0.2) is 0 Å². The lowest BCUT2D eigenvalue weighted by Gasteiger charge is -2.14. The third-order valence-electron chi connectivity index (χ3n) is 0.745. The Labute approximate surface area is 86.3 Å². The highest BCUT2D eigenvalue weighted by Gasteiger charge is 2.16. The number of hydrogen-bond acceptors (Lipinski definition) is 7. The van der Waals surface area contributed by atoms with E-state index in [-0.39, 0.29) is 0 Å². The van der Waals surface area contributed by atoms with Gasteiger partial charge in [0.25, 0.3) is 0 Å². The summed E-state index contributed by atoms with van der Waals surface area (Å²) in [6.45, 7) is 8.07. The molecule has 0 spiro atoms. The molecule has 0 unspecified atom stereocenters. The molecule has 0 saturated heterocycles. The second-order valence-electron chi connectivity index (χ2n) is 3.29. The second-order valence-corrected chi connectivity index (χ2v) is 3.29. The highest BCUT2D eigenvalue weighted by atomic mass is 17.5. The lowest BCUT2D eigenvalue weighted by Crippen LogP contribution is -2.21. The molecule has 86 valence electrons. The van der Waals surface area contributed by atoms with Crippen LogP contribution in [0.1, 0.15) is 20.8 Å². The van der Waals surface area contributed by atoms with Crippen molar-refractivity contribution in [2.24, 2.45) is 0 Å². The van der Waals surface area contributed by atoms with Crippen molar-refractivity contribution in [1.29, 1.82) is 0 Å². The van der Waals surface area contributed by atoms with Gasteiger partial charge in [-0.25, -0.2) is 19.5 Å². The average molecular weight is 220 g/mol. The molecule has 0 atom stereocenters. The zero-order valence-corrected chi connectivity index (χ0v) is 8.64. The largest absolute Gasteiger partial charge is 0.584 e. The maximum atomic E-state index is 10.6. The molecule has 0 rings (SSSR count). The predicted octanol–water partition coefficient (Wildman–Crippen LogP) is 1.45. The number of hydrogen-bond donors (Lipinski definition) is 0. The molecular formula is C8H12O7. The molecule has 7 nitrogen and oxygen atoms in total. The van der Waals surface area contributed by atoms with Gasteiger partial charge in [0, 0.05) is 6.08 Å². The zero-order chi connectivity index (χ0) is 11.9. The summed E-state index contributed by atoms with van der Waals surface area (Å²) in [6, 6.07) is 0. The van der Waals surface area contributed by atoms with Crippen LogP contribution >= 0.6 is 0 Å². The Hall–Kier alpha value is -1.60. The van der Waals surface area contributed by atoms with Gasteiger partial charge in [-0.15, -0.1) is 0 Å². The van der Waals surface area contributed by atoms with Crippen LogP contribution in [0.2, 0.25) is 0 Å². The molecule has 0 heterocycles. The van der Waals surface area contributed by atoms with Crippen molar-refractivity contribution < 1.29 is 34.2 Å². The van der Waals surface area contributed by atoms with Gasteiger partial charge in [0.2, 0.25) is 0 Å². The Morgan fingerprint density at radius 3 is 2.20 bits per heavy atom. The van der Waals surface area contributed by atoms with E-state index in [1.807, 2.05) is 0 Å². The number of carbonyl (C=O) groups excluding carboxylic acids is 2. The van der Waals surface area contributed by atoms with Crippen molar-refractivity contribution in [3.63, 3.8) is 0 Å². The molecular weight excluding hydrogens is 208 g/mol. The standard InChI is InChI=1S/C8H12O7/c1-5-6(9)11-12-7(10)13-15-14-8(2,3)4/h5H,1H2,2-4H3. The molecule has 0 aromatic carbocycles. The van der Waals surface area contributed by atoms with Crippen LogP contribution in [0.25, 0.3) is 0 Å². The van der Waals surface area contributed by atoms with E-state index < -0.39 is 17.7 Å². The van der Waals surface area contributed by atoms with E-state index in [1.165, 1.54) is 0 Å². The summed E-state index contributed by atoms with van der Waals surface area (Å²) in [7, 11) is 0. The van der Waals surface area contributed by atoms with Crippen LogP contribution in [0.5, 0.6) is 0 Å². The van der Waals surface area contributed by atoms with Crippen LogP contribution < -0.4 is 0 Å². The van der Waals surface area contributed by atoms with Crippen LogP contribution in [0.15, 0.2) is 12.7 Å². The van der Waals surface area contributed by atoms with E-state index in [9.17, 15) is 9.59 Å². The van der Waals surface area contributed by atoms with Crippen molar-refractivity contribution in [3.05, 3.63) is 12.7 Å². The van der Waals surface area contributed by atoms with Crippen LogP contribution in [-0.4, -0.2) is 17.7 Å². The summed E-state index contributed by atoms with van der Waals surface area (Å²) in [4.78, 5) is 37.2. The van der Waals surface area contributed by atoms with Gasteiger partial charge in [-0.2, -0.15) is 9.68 Å². The lowest BCUT2D eigenvalue weighted by atomic mass is 10.2. The lowest BCUT2D eigenvalue weighted by molar-refractivity contribution is -0.519. The predicted molar refractivity (Wildman–Crippen MR) is 45.8 cm³/mol. The van der Waals surface area contributed by atoms with E-state index in [0.717, 1.165) is 6.08 Å². The quantitative estimate of drug-likeness (QED) is 0.404.